The summed E-state index contributed by atoms with van der Waals surface area (Å²) in [4.78, 5) is 0.0494. The zero-order valence-electron chi connectivity index (χ0n) is 13.8. The van der Waals surface area contributed by atoms with Crippen molar-refractivity contribution in [1.82, 2.24) is 4.72 Å². The Morgan fingerprint density at radius 1 is 0.923 bits per heavy atom. The number of sulfonamides is 1. The molecule has 2 aromatic carbocycles. The van der Waals surface area contributed by atoms with Gasteiger partial charge in [0.15, 0.2) is 0 Å². The average Bonchev–Trinajstić information content (AvgIpc) is 2.55. The number of phenolic OH excluding ortho intramolecular Hbond substituents is 2. The van der Waals surface area contributed by atoms with Crippen molar-refractivity contribution in [2.45, 2.75) is 42.5 Å². The van der Waals surface area contributed by atoms with Gasteiger partial charge in [-0.3, -0.25) is 0 Å². The molecule has 0 aromatic heterocycles. The summed E-state index contributed by atoms with van der Waals surface area (Å²) < 4.78 is 27.8. The molecule has 1 aliphatic rings. The SMILES string of the molecule is O=S(=O)(NC1CCC(c2ccc(O)cc2O)CC1)c1cc(Cl)cc(Cl)c1. The van der Waals surface area contributed by atoms with Crippen molar-refractivity contribution in [3.8, 4) is 11.5 Å². The van der Waals surface area contributed by atoms with E-state index in [1.165, 1.54) is 24.3 Å². The van der Waals surface area contributed by atoms with Crippen LogP contribution >= 0.6 is 23.2 Å². The summed E-state index contributed by atoms with van der Waals surface area (Å²) in [6, 6.07) is 8.63. The van der Waals surface area contributed by atoms with Crippen LogP contribution in [0.25, 0.3) is 0 Å². The molecular formula is C18H19Cl2NO4S. The number of phenols is 2. The zero-order valence-corrected chi connectivity index (χ0v) is 16.2. The van der Waals surface area contributed by atoms with E-state index < -0.39 is 10.0 Å². The van der Waals surface area contributed by atoms with Crippen molar-refractivity contribution in [1.29, 1.82) is 0 Å². The molecule has 26 heavy (non-hydrogen) atoms. The van der Waals surface area contributed by atoms with Gasteiger partial charge in [-0.1, -0.05) is 29.3 Å². The molecule has 0 unspecified atom stereocenters. The van der Waals surface area contributed by atoms with Crippen LogP contribution < -0.4 is 4.72 Å². The van der Waals surface area contributed by atoms with Crippen molar-refractivity contribution >= 4 is 33.2 Å². The lowest BCUT2D eigenvalue weighted by atomic mass is 9.81. The Morgan fingerprint density at radius 2 is 1.54 bits per heavy atom. The van der Waals surface area contributed by atoms with Crippen molar-refractivity contribution in [3.05, 3.63) is 52.0 Å². The molecule has 0 radical (unpaired) electrons. The van der Waals surface area contributed by atoms with Crippen LogP contribution in [0.3, 0.4) is 0 Å². The molecule has 5 nitrogen and oxygen atoms in total. The van der Waals surface area contributed by atoms with Gasteiger partial charge >= 0.3 is 0 Å². The first-order chi connectivity index (χ1) is 12.2. The lowest BCUT2D eigenvalue weighted by molar-refractivity contribution is 0.362. The molecule has 0 saturated heterocycles. The molecule has 3 rings (SSSR count). The Bertz CT molecular complexity index is 889. The van der Waals surface area contributed by atoms with E-state index in [-0.39, 0.29) is 38.4 Å². The van der Waals surface area contributed by atoms with Gasteiger partial charge in [0.25, 0.3) is 0 Å². The lowest BCUT2D eigenvalue weighted by Gasteiger charge is -2.29. The number of halogens is 2. The van der Waals surface area contributed by atoms with E-state index in [9.17, 15) is 18.6 Å². The lowest BCUT2D eigenvalue weighted by Crippen LogP contribution is -2.37. The predicted octanol–water partition coefficient (Wildman–Crippen LogP) is 4.41. The maximum atomic E-state index is 12.6. The van der Waals surface area contributed by atoms with Crippen LogP contribution in [0.2, 0.25) is 10.0 Å². The van der Waals surface area contributed by atoms with Crippen molar-refractivity contribution in [3.63, 3.8) is 0 Å². The Morgan fingerprint density at radius 3 is 2.12 bits per heavy atom. The molecule has 140 valence electrons. The van der Waals surface area contributed by atoms with Gasteiger partial charge in [-0.2, -0.15) is 0 Å². The van der Waals surface area contributed by atoms with Gasteiger partial charge in [-0.15, -0.1) is 0 Å². The second-order valence-corrected chi connectivity index (χ2v) is 9.10. The first kappa shape index (κ1) is 19.3. The second kappa shape index (κ2) is 7.64. The molecule has 1 aliphatic carbocycles. The van der Waals surface area contributed by atoms with Crippen LogP contribution in [0.15, 0.2) is 41.3 Å². The third-order valence-electron chi connectivity index (χ3n) is 4.65. The summed E-state index contributed by atoms with van der Waals surface area (Å²) in [5, 5.41) is 19.9. The highest BCUT2D eigenvalue weighted by Gasteiger charge is 2.28. The number of aromatic hydroxyl groups is 2. The Kier molecular flexibility index (Phi) is 5.67. The summed E-state index contributed by atoms with van der Waals surface area (Å²) >= 11 is 11.8. The van der Waals surface area contributed by atoms with Crippen molar-refractivity contribution in [2.75, 3.05) is 0 Å². The molecule has 0 aliphatic heterocycles. The molecule has 1 fully saturated rings. The third kappa shape index (κ3) is 4.43. The Balaban J connectivity index is 1.66. The first-order valence-electron chi connectivity index (χ1n) is 8.25. The molecule has 0 spiro atoms. The summed E-state index contributed by atoms with van der Waals surface area (Å²) in [5.74, 6) is 0.229. The minimum atomic E-state index is -3.70. The summed E-state index contributed by atoms with van der Waals surface area (Å²) in [5.41, 5.74) is 0.783. The van der Waals surface area contributed by atoms with Crippen LogP contribution in [-0.2, 0) is 10.0 Å². The van der Waals surface area contributed by atoms with Gasteiger partial charge in [-0.05, 0) is 61.4 Å². The van der Waals surface area contributed by atoms with E-state index in [4.69, 9.17) is 23.2 Å². The van der Waals surface area contributed by atoms with Crippen molar-refractivity contribution < 1.29 is 18.6 Å². The maximum Gasteiger partial charge on any atom is 0.240 e. The van der Waals surface area contributed by atoms with Crippen LogP contribution in [0.1, 0.15) is 37.2 Å². The topological polar surface area (TPSA) is 86.6 Å². The fourth-order valence-electron chi connectivity index (χ4n) is 3.37. The van der Waals surface area contributed by atoms with Gasteiger partial charge in [0.05, 0.1) is 4.90 Å². The summed E-state index contributed by atoms with van der Waals surface area (Å²) in [6.45, 7) is 0. The fourth-order valence-corrected chi connectivity index (χ4v) is 5.40. The molecule has 8 heteroatoms. The van der Waals surface area contributed by atoms with E-state index >= 15 is 0 Å². The number of nitrogens with one attached hydrogen (secondary N) is 1. The smallest absolute Gasteiger partial charge is 0.240 e. The molecule has 0 amide bonds. The molecular weight excluding hydrogens is 397 g/mol. The highest BCUT2D eigenvalue weighted by Crippen LogP contribution is 2.38. The highest BCUT2D eigenvalue weighted by molar-refractivity contribution is 7.89. The Hall–Kier alpha value is -1.47. The Labute approximate surface area is 162 Å². The minimum absolute atomic E-state index is 0.0212. The van der Waals surface area contributed by atoms with Gasteiger partial charge in [-0.25, -0.2) is 13.1 Å². The summed E-state index contributed by atoms with van der Waals surface area (Å²) in [7, 11) is -3.70. The van der Waals surface area contributed by atoms with Crippen LogP contribution in [-0.4, -0.2) is 24.7 Å². The molecule has 1 saturated carbocycles. The normalized spacial score (nSPS) is 20.8. The second-order valence-electron chi connectivity index (χ2n) is 6.52. The van der Waals surface area contributed by atoms with Gasteiger partial charge in [0, 0.05) is 22.2 Å². The van der Waals surface area contributed by atoms with Crippen molar-refractivity contribution in [2.24, 2.45) is 0 Å². The third-order valence-corrected chi connectivity index (χ3v) is 6.59. The monoisotopic (exact) mass is 415 g/mol. The predicted molar refractivity (Wildman–Crippen MR) is 102 cm³/mol. The number of benzene rings is 2. The quantitative estimate of drug-likeness (QED) is 0.689. The number of hydrogen-bond acceptors (Lipinski definition) is 4. The van der Waals surface area contributed by atoms with E-state index in [0.717, 1.165) is 18.4 Å². The summed E-state index contributed by atoms with van der Waals surface area (Å²) in [6.07, 6.45) is 2.78. The molecule has 0 atom stereocenters. The molecule has 2 aromatic rings. The number of rotatable bonds is 4. The maximum absolute atomic E-state index is 12.6. The largest absolute Gasteiger partial charge is 0.508 e. The standard InChI is InChI=1S/C18H19Cl2NO4S/c19-12-7-13(20)9-16(8-12)26(24,25)21-14-3-1-11(2-4-14)17-6-5-15(22)10-18(17)23/h5-11,14,21-23H,1-4H2. The minimum Gasteiger partial charge on any atom is -0.508 e. The van der Waals surface area contributed by atoms with E-state index in [0.29, 0.717) is 12.8 Å². The van der Waals surface area contributed by atoms with Crippen LogP contribution in [0.4, 0.5) is 0 Å². The average molecular weight is 416 g/mol. The van der Waals surface area contributed by atoms with E-state index in [1.54, 1.807) is 12.1 Å². The van der Waals surface area contributed by atoms with Gasteiger partial charge in [0.1, 0.15) is 11.5 Å². The van der Waals surface area contributed by atoms with Gasteiger partial charge < -0.3 is 10.2 Å². The molecule has 3 N–H and O–H groups in total. The molecule has 0 heterocycles. The van der Waals surface area contributed by atoms with E-state index in [1.807, 2.05) is 0 Å². The van der Waals surface area contributed by atoms with Gasteiger partial charge in [0.2, 0.25) is 10.0 Å². The van der Waals surface area contributed by atoms with Crippen LogP contribution in [0.5, 0.6) is 11.5 Å². The highest BCUT2D eigenvalue weighted by atomic mass is 35.5. The fraction of sp³-hybridized carbons (Fsp3) is 0.333. The molecule has 0 bridgehead atoms. The van der Waals surface area contributed by atoms with Crippen LogP contribution in [0, 0.1) is 0 Å². The van der Waals surface area contributed by atoms with E-state index in [2.05, 4.69) is 4.72 Å². The number of hydrogen-bond donors (Lipinski definition) is 3. The zero-order chi connectivity index (χ0) is 18.9. The first-order valence-corrected chi connectivity index (χ1v) is 10.5.